The van der Waals surface area contributed by atoms with E-state index in [1.807, 2.05) is 0 Å². The van der Waals surface area contributed by atoms with Gasteiger partial charge in [-0.05, 0) is 24.7 Å². The molecule has 5 heteroatoms. The van der Waals surface area contributed by atoms with Gasteiger partial charge in [0.25, 0.3) is 0 Å². The fraction of sp³-hybridized carbons (Fsp3) is 0.636. The molecule has 0 aliphatic heterocycles. The standard InChI is InChI=1S/C11H16ClN3O/c1-16-5-4-11(2-3-11)8-13-9-6-10(12)15-14-7-9/h6-7H,2-5,8H2,1H3,(H,13,15). The summed E-state index contributed by atoms with van der Waals surface area (Å²) in [7, 11) is 1.75. The average Bonchev–Trinajstić information content (AvgIpc) is 3.05. The highest BCUT2D eigenvalue weighted by atomic mass is 35.5. The van der Waals surface area contributed by atoms with Crippen molar-refractivity contribution in [2.24, 2.45) is 5.41 Å². The summed E-state index contributed by atoms with van der Waals surface area (Å²) in [6.07, 6.45) is 5.35. The Morgan fingerprint density at radius 3 is 3.00 bits per heavy atom. The van der Waals surface area contributed by atoms with Gasteiger partial charge in [-0.25, -0.2) is 0 Å². The first-order valence-corrected chi connectivity index (χ1v) is 5.83. The minimum atomic E-state index is 0.422. The van der Waals surface area contributed by atoms with Gasteiger partial charge >= 0.3 is 0 Å². The molecule has 2 rings (SSSR count). The van der Waals surface area contributed by atoms with Crippen molar-refractivity contribution in [3.8, 4) is 0 Å². The van der Waals surface area contributed by atoms with Crippen LogP contribution < -0.4 is 5.32 Å². The topological polar surface area (TPSA) is 47.0 Å². The summed E-state index contributed by atoms with van der Waals surface area (Å²) in [6, 6.07) is 1.79. The highest BCUT2D eigenvalue weighted by molar-refractivity contribution is 6.29. The molecule has 1 aliphatic carbocycles. The summed E-state index contributed by atoms with van der Waals surface area (Å²) in [5.74, 6) is 0. The molecule has 0 saturated heterocycles. The number of aromatic nitrogens is 2. The largest absolute Gasteiger partial charge is 0.385 e. The monoisotopic (exact) mass is 241 g/mol. The van der Waals surface area contributed by atoms with E-state index < -0.39 is 0 Å². The fourth-order valence-corrected chi connectivity index (χ4v) is 1.90. The van der Waals surface area contributed by atoms with Crippen molar-refractivity contribution in [3.05, 3.63) is 17.4 Å². The van der Waals surface area contributed by atoms with E-state index in [9.17, 15) is 0 Å². The van der Waals surface area contributed by atoms with Gasteiger partial charge < -0.3 is 10.1 Å². The van der Waals surface area contributed by atoms with Gasteiger partial charge in [-0.2, -0.15) is 5.10 Å². The van der Waals surface area contributed by atoms with Crippen LogP contribution in [0.3, 0.4) is 0 Å². The third-order valence-corrected chi connectivity index (χ3v) is 3.27. The minimum Gasteiger partial charge on any atom is -0.385 e. The number of nitrogens with zero attached hydrogens (tertiary/aromatic N) is 2. The van der Waals surface area contributed by atoms with Gasteiger partial charge in [-0.1, -0.05) is 11.6 Å². The third-order valence-electron chi connectivity index (χ3n) is 3.09. The van der Waals surface area contributed by atoms with Gasteiger partial charge in [-0.15, -0.1) is 5.10 Å². The second-order valence-corrected chi connectivity index (χ2v) is 4.75. The molecule has 1 fully saturated rings. The Hall–Kier alpha value is -0.870. The molecule has 0 bridgehead atoms. The van der Waals surface area contributed by atoms with Crippen LogP contribution >= 0.6 is 11.6 Å². The average molecular weight is 242 g/mol. The number of anilines is 1. The number of hydrogen-bond acceptors (Lipinski definition) is 4. The van der Waals surface area contributed by atoms with E-state index in [4.69, 9.17) is 16.3 Å². The lowest BCUT2D eigenvalue weighted by molar-refractivity contribution is 0.175. The van der Waals surface area contributed by atoms with Crippen LogP contribution in [-0.4, -0.2) is 30.5 Å². The van der Waals surface area contributed by atoms with Crippen LogP contribution in [0.4, 0.5) is 5.69 Å². The normalized spacial score (nSPS) is 17.1. The van der Waals surface area contributed by atoms with Crippen molar-refractivity contribution >= 4 is 17.3 Å². The second-order valence-electron chi connectivity index (χ2n) is 4.36. The van der Waals surface area contributed by atoms with E-state index in [-0.39, 0.29) is 0 Å². The zero-order valence-electron chi connectivity index (χ0n) is 9.37. The zero-order chi connectivity index (χ0) is 11.4. The van der Waals surface area contributed by atoms with Crippen LogP contribution in [0.15, 0.2) is 12.3 Å². The highest BCUT2D eigenvalue weighted by Crippen LogP contribution is 2.48. The van der Waals surface area contributed by atoms with Crippen LogP contribution in [0.2, 0.25) is 5.15 Å². The highest BCUT2D eigenvalue weighted by Gasteiger charge is 2.41. The van der Waals surface area contributed by atoms with Crippen molar-refractivity contribution in [2.45, 2.75) is 19.3 Å². The number of rotatable bonds is 6. The molecule has 1 saturated carbocycles. The molecule has 1 N–H and O–H groups in total. The quantitative estimate of drug-likeness (QED) is 0.831. The van der Waals surface area contributed by atoms with E-state index >= 15 is 0 Å². The van der Waals surface area contributed by atoms with Gasteiger partial charge in [0.2, 0.25) is 0 Å². The van der Waals surface area contributed by atoms with Crippen LogP contribution in [-0.2, 0) is 4.74 Å². The van der Waals surface area contributed by atoms with Crippen LogP contribution in [0.5, 0.6) is 0 Å². The summed E-state index contributed by atoms with van der Waals surface area (Å²) in [6.45, 7) is 1.79. The minimum absolute atomic E-state index is 0.422. The first kappa shape index (κ1) is 11.6. The maximum absolute atomic E-state index is 5.76. The molecule has 0 aromatic carbocycles. The summed E-state index contributed by atoms with van der Waals surface area (Å²) >= 11 is 5.76. The lowest BCUT2D eigenvalue weighted by Gasteiger charge is -2.15. The lowest BCUT2D eigenvalue weighted by atomic mass is 10.0. The summed E-state index contributed by atoms with van der Waals surface area (Å²) < 4.78 is 5.12. The number of hydrogen-bond donors (Lipinski definition) is 1. The third kappa shape index (κ3) is 3.06. The molecule has 4 nitrogen and oxygen atoms in total. The zero-order valence-corrected chi connectivity index (χ0v) is 10.1. The number of ether oxygens (including phenoxy) is 1. The molecule has 88 valence electrons. The van der Waals surface area contributed by atoms with E-state index in [1.54, 1.807) is 19.4 Å². The maximum Gasteiger partial charge on any atom is 0.153 e. The van der Waals surface area contributed by atoms with E-state index in [0.717, 1.165) is 25.3 Å². The molecular weight excluding hydrogens is 226 g/mol. The van der Waals surface area contributed by atoms with Crippen molar-refractivity contribution in [1.29, 1.82) is 0 Å². The van der Waals surface area contributed by atoms with E-state index in [2.05, 4.69) is 15.5 Å². The predicted octanol–water partition coefficient (Wildman–Crippen LogP) is 2.36. The molecule has 0 amide bonds. The molecule has 0 unspecified atom stereocenters. The predicted molar refractivity (Wildman–Crippen MR) is 63.7 cm³/mol. The fourth-order valence-electron chi connectivity index (χ4n) is 1.74. The molecule has 0 spiro atoms. The Kier molecular flexibility index (Phi) is 3.61. The molecule has 1 aromatic heterocycles. The van der Waals surface area contributed by atoms with Crippen LogP contribution in [0, 0.1) is 5.41 Å². The van der Waals surface area contributed by atoms with Crippen molar-refractivity contribution in [1.82, 2.24) is 10.2 Å². The van der Waals surface area contributed by atoms with E-state index in [1.165, 1.54) is 12.8 Å². The summed E-state index contributed by atoms with van der Waals surface area (Å²) in [5, 5.41) is 11.3. The summed E-state index contributed by atoms with van der Waals surface area (Å²) in [5.41, 5.74) is 1.36. The Morgan fingerprint density at radius 2 is 2.38 bits per heavy atom. The summed E-state index contributed by atoms with van der Waals surface area (Å²) in [4.78, 5) is 0. The molecule has 1 aliphatic rings. The van der Waals surface area contributed by atoms with Crippen molar-refractivity contribution < 1.29 is 4.74 Å². The van der Waals surface area contributed by atoms with Crippen LogP contribution in [0.25, 0.3) is 0 Å². The Balaban J connectivity index is 1.83. The number of halogens is 1. The molecule has 1 aromatic rings. The van der Waals surface area contributed by atoms with Gasteiger partial charge in [0, 0.05) is 26.3 Å². The Labute approximate surface area is 100 Å². The van der Waals surface area contributed by atoms with Crippen molar-refractivity contribution in [2.75, 3.05) is 25.6 Å². The smallest absolute Gasteiger partial charge is 0.153 e. The number of nitrogens with one attached hydrogen (secondary N) is 1. The first-order chi connectivity index (χ1) is 7.74. The van der Waals surface area contributed by atoms with Crippen LogP contribution in [0.1, 0.15) is 19.3 Å². The van der Waals surface area contributed by atoms with Gasteiger partial charge in [0.1, 0.15) is 0 Å². The lowest BCUT2D eigenvalue weighted by Crippen LogP contribution is -2.17. The van der Waals surface area contributed by atoms with Crippen molar-refractivity contribution in [3.63, 3.8) is 0 Å². The Bertz CT molecular complexity index is 355. The van der Waals surface area contributed by atoms with E-state index in [0.29, 0.717) is 10.6 Å². The Morgan fingerprint density at radius 1 is 1.56 bits per heavy atom. The first-order valence-electron chi connectivity index (χ1n) is 5.45. The van der Waals surface area contributed by atoms with Gasteiger partial charge in [-0.3, -0.25) is 0 Å². The molecule has 0 radical (unpaired) electrons. The molecule has 1 heterocycles. The maximum atomic E-state index is 5.76. The van der Waals surface area contributed by atoms with Gasteiger partial charge in [0.15, 0.2) is 5.15 Å². The molecule has 16 heavy (non-hydrogen) atoms. The number of methoxy groups -OCH3 is 1. The molecular formula is C11H16ClN3O. The second kappa shape index (κ2) is 4.97. The SMILES string of the molecule is COCCC1(CNc2cnnc(Cl)c2)CC1. The van der Waals surface area contributed by atoms with Gasteiger partial charge in [0.05, 0.1) is 11.9 Å². The molecule has 0 atom stereocenters.